The number of halogens is 3. The van der Waals surface area contributed by atoms with Gasteiger partial charge in [0.25, 0.3) is 0 Å². The average molecular weight is 601 g/mol. The van der Waals surface area contributed by atoms with Crippen LogP contribution in [0.3, 0.4) is 0 Å². The van der Waals surface area contributed by atoms with E-state index < -0.39 is 23.3 Å². The second-order valence-electron chi connectivity index (χ2n) is 12.1. The zero-order valence-electron chi connectivity index (χ0n) is 24.5. The molecule has 3 saturated heterocycles. The Balaban J connectivity index is 1.40. The molecule has 0 aliphatic carbocycles. The number of alkyl halides is 1. The first-order chi connectivity index (χ1) is 21.2. The molecule has 0 bridgehead atoms. The number of carbonyl (C=O) groups excluding carboxylic acids is 1. The lowest BCUT2D eigenvalue weighted by molar-refractivity contribution is -0.114. The van der Waals surface area contributed by atoms with Crippen molar-refractivity contribution in [1.82, 2.24) is 19.9 Å². The molecular formula is C33H31F3N6O2. The maximum absolute atomic E-state index is 16.7. The van der Waals surface area contributed by atoms with Crippen LogP contribution in [0, 0.1) is 24.0 Å². The summed E-state index contributed by atoms with van der Waals surface area (Å²) >= 11 is 0. The van der Waals surface area contributed by atoms with E-state index in [0.717, 1.165) is 25.8 Å². The monoisotopic (exact) mass is 600 g/mol. The number of terminal acetylenes is 1. The lowest BCUT2D eigenvalue weighted by Gasteiger charge is -2.40. The summed E-state index contributed by atoms with van der Waals surface area (Å²) < 4.78 is 52.1. The van der Waals surface area contributed by atoms with Crippen molar-refractivity contribution in [2.75, 3.05) is 36.5 Å². The predicted octanol–water partition coefficient (Wildman–Crippen LogP) is 5.62. The standard InChI is InChI=1S/C33H31F3N6O2/c1-4-23-26(35)7-6-20-12-22(38-19(3)43)13-24(27(20)23)29-28(36)30-25(31(39-29)42-11-8-18(42)2)15-37-32(40-30)44-17-33-9-5-10-41(33)16-21(34)14-33/h1,6-7,12-13,15,18,21H,5,8-11,14,16-17H2,2-3H3,(H,38,43)/t18-,21+,33-/m0/s1. The van der Waals surface area contributed by atoms with E-state index in [0.29, 0.717) is 47.2 Å². The molecule has 11 heteroatoms. The van der Waals surface area contributed by atoms with E-state index in [1.54, 1.807) is 12.1 Å². The molecule has 3 aliphatic rings. The molecule has 2 aromatic heterocycles. The van der Waals surface area contributed by atoms with Gasteiger partial charge in [0.1, 0.15) is 35.6 Å². The number of anilines is 2. The molecule has 8 nitrogen and oxygen atoms in total. The lowest BCUT2D eigenvalue weighted by atomic mass is 9.95. The number of ether oxygens (including phenoxy) is 1. The number of hydrogen-bond acceptors (Lipinski definition) is 7. The summed E-state index contributed by atoms with van der Waals surface area (Å²) in [6.45, 7) is 5.50. The van der Waals surface area contributed by atoms with Crippen LogP contribution in [0.15, 0.2) is 30.5 Å². The van der Waals surface area contributed by atoms with Crippen LogP contribution < -0.4 is 15.0 Å². The third kappa shape index (κ3) is 4.59. The third-order valence-corrected chi connectivity index (χ3v) is 9.25. The van der Waals surface area contributed by atoms with Crippen molar-refractivity contribution >= 4 is 39.1 Å². The molecule has 44 heavy (non-hydrogen) atoms. The quantitative estimate of drug-likeness (QED) is 0.288. The van der Waals surface area contributed by atoms with E-state index in [-0.39, 0.29) is 46.9 Å². The molecule has 3 atom stereocenters. The lowest BCUT2D eigenvalue weighted by Crippen LogP contribution is -2.46. The molecule has 1 amide bonds. The number of nitrogens with one attached hydrogen (secondary N) is 1. The van der Waals surface area contributed by atoms with Crippen LogP contribution >= 0.6 is 0 Å². The zero-order valence-corrected chi connectivity index (χ0v) is 24.5. The number of nitrogens with zero attached hydrogens (tertiary/aromatic N) is 5. The van der Waals surface area contributed by atoms with Gasteiger partial charge in [-0.15, -0.1) is 6.42 Å². The molecule has 226 valence electrons. The topological polar surface area (TPSA) is 83.5 Å². The second-order valence-corrected chi connectivity index (χ2v) is 12.1. The van der Waals surface area contributed by atoms with E-state index in [1.807, 2.05) is 11.8 Å². The maximum atomic E-state index is 16.7. The fourth-order valence-corrected chi connectivity index (χ4v) is 7.01. The molecule has 0 saturated carbocycles. The highest BCUT2D eigenvalue weighted by molar-refractivity contribution is 6.06. The summed E-state index contributed by atoms with van der Waals surface area (Å²) in [6, 6.07) is 6.10. The Labute approximate surface area is 252 Å². The number of benzene rings is 2. The van der Waals surface area contributed by atoms with Crippen LogP contribution in [0.1, 0.15) is 45.1 Å². The van der Waals surface area contributed by atoms with Crippen LogP contribution in [-0.4, -0.2) is 69.8 Å². The van der Waals surface area contributed by atoms with Gasteiger partial charge in [0, 0.05) is 55.3 Å². The normalized spacial score (nSPS) is 23.0. The van der Waals surface area contributed by atoms with Gasteiger partial charge >= 0.3 is 6.01 Å². The molecule has 7 rings (SSSR count). The molecule has 4 aromatic rings. The first-order valence-electron chi connectivity index (χ1n) is 14.8. The number of fused-ring (bicyclic) bond motifs is 3. The van der Waals surface area contributed by atoms with Crippen LogP contribution in [0.5, 0.6) is 6.01 Å². The SMILES string of the molecule is C#Cc1c(F)ccc2cc(NC(C)=O)cc(-c3nc(N4CC[C@@H]4C)c4cnc(OC[C@@]56CCCN5C[C@H](F)C6)nc4c3F)c12. The third-order valence-electron chi connectivity index (χ3n) is 9.25. The number of pyridine rings is 1. The Bertz CT molecular complexity index is 1880. The highest BCUT2D eigenvalue weighted by Crippen LogP contribution is 2.42. The smallest absolute Gasteiger partial charge is 0.317 e. The van der Waals surface area contributed by atoms with Crippen molar-refractivity contribution < 1.29 is 22.7 Å². The van der Waals surface area contributed by atoms with E-state index >= 15 is 4.39 Å². The largest absolute Gasteiger partial charge is 0.461 e. The number of aromatic nitrogens is 3. The van der Waals surface area contributed by atoms with E-state index in [2.05, 4.69) is 26.1 Å². The molecule has 0 radical (unpaired) electrons. The molecular weight excluding hydrogens is 569 g/mol. The summed E-state index contributed by atoms with van der Waals surface area (Å²) in [4.78, 5) is 29.8. The average Bonchev–Trinajstić information content (AvgIpc) is 3.51. The van der Waals surface area contributed by atoms with Gasteiger partial charge in [0.05, 0.1) is 16.5 Å². The Hall–Kier alpha value is -4.43. The first kappa shape index (κ1) is 28.3. The molecule has 0 spiro atoms. The van der Waals surface area contributed by atoms with Gasteiger partial charge in [0.2, 0.25) is 5.91 Å². The highest BCUT2D eigenvalue weighted by atomic mass is 19.1. The van der Waals surface area contributed by atoms with Gasteiger partial charge < -0.3 is 15.0 Å². The second kappa shape index (κ2) is 10.6. The summed E-state index contributed by atoms with van der Waals surface area (Å²) in [5.41, 5.74) is 0.0328. The maximum Gasteiger partial charge on any atom is 0.317 e. The molecule has 3 fully saturated rings. The van der Waals surface area contributed by atoms with E-state index in [1.165, 1.54) is 25.3 Å². The summed E-state index contributed by atoms with van der Waals surface area (Å²) in [6.07, 6.45) is 9.42. The number of rotatable bonds is 6. The van der Waals surface area contributed by atoms with E-state index in [9.17, 15) is 13.6 Å². The van der Waals surface area contributed by atoms with Gasteiger partial charge in [0.15, 0.2) is 5.82 Å². The molecule has 0 unspecified atom stereocenters. The van der Waals surface area contributed by atoms with Gasteiger partial charge in [-0.05, 0) is 56.3 Å². The van der Waals surface area contributed by atoms with Crippen molar-refractivity contribution in [2.24, 2.45) is 0 Å². The van der Waals surface area contributed by atoms with Crippen molar-refractivity contribution in [3.8, 4) is 29.6 Å². The Morgan fingerprint density at radius 2 is 2.09 bits per heavy atom. The van der Waals surface area contributed by atoms with Crippen LogP contribution in [0.2, 0.25) is 0 Å². The minimum absolute atomic E-state index is 0.0126. The Morgan fingerprint density at radius 3 is 2.82 bits per heavy atom. The molecule has 1 N–H and O–H groups in total. The minimum atomic E-state index is -0.913. The van der Waals surface area contributed by atoms with Crippen molar-refractivity contribution in [3.63, 3.8) is 0 Å². The van der Waals surface area contributed by atoms with E-state index in [4.69, 9.17) is 16.1 Å². The van der Waals surface area contributed by atoms with Gasteiger partial charge in [-0.1, -0.05) is 12.0 Å². The number of amides is 1. The van der Waals surface area contributed by atoms with Crippen molar-refractivity contribution in [3.05, 3.63) is 47.7 Å². The van der Waals surface area contributed by atoms with Gasteiger partial charge in [-0.25, -0.2) is 23.1 Å². The zero-order chi connectivity index (χ0) is 30.7. The Kier molecular flexibility index (Phi) is 6.85. The van der Waals surface area contributed by atoms with Crippen LogP contribution in [0.25, 0.3) is 32.9 Å². The fraction of sp³-hybridized carbons (Fsp3) is 0.394. The van der Waals surface area contributed by atoms with Crippen LogP contribution in [-0.2, 0) is 4.79 Å². The number of carbonyl (C=O) groups is 1. The van der Waals surface area contributed by atoms with Crippen LogP contribution in [0.4, 0.5) is 24.7 Å². The summed E-state index contributed by atoms with van der Waals surface area (Å²) in [5.74, 6) is 1.17. The molecule has 2 aromatic carbocycles. The van der Waals surface area contributed by atoms with Crippen molar-refractivity contribution in [2.45, 2.75) is 57.3 Å². The van der Waals surface area contributed by atoms with Gasteiger partial charge in [-0.2, -0.15) is 4.98 Å². The summed E-state index contributed by atoms with van der Waals surface area (Å²) in [7, 11) is 0. The number of hydrogen-bond donors (Lipinski definition) is 1. The van der Waals surface area contributed by atoms with Gasteiger partial charge in [-0.3, -0.25) is 9.69 Å². The molecule has 5 heterocycles. The predicted molar refractivity (Wildman–Crippen MR) is 162 cm³/mol. The van der Waals surface area contributed by atoms with Crippen molar-refractivity contribution in [1.29, 1.82) is 0 Å². The summed E-state index contributed by atoms with van der Waals surface area (Å²) in [5, 5.41) is 3.94. The highest BCUT2D eigenvalue weighted by Gasteiger charge is 2.49. The Morgan fingerprint density at radius 1 is 1.25 bits per heavy atom. The fourth-order valence-electron chi connectivity index (χ4n) is 7.01. The minimum Gasteiger partial charge on any atom is -0.461 e. The molecule has 3 aliphatic heterocycles. The first-order valence-corrected chi connectivity index (χ1v) is 14.8.